The molecule has 2 aromatic carbocycles. The molecule has 3 atom stereocenters. The number of piperidine rings is 3. The van der Waals surface area contributed by atoms with Gasteiger partial charge in [-0.1, -0.05) is 47.5 Å². The normalized spacial score (nSPS) is 20.0. The van der Waals surface area contributed by atoms with Crippen molar-refractivity contribution in [2.75, 3.05) is 26.2 Å². The van der Waals surface area contributed by atoms with Crippen LogP contribution >= 0.6 is 34.5 Å². The number of esters is 2. The lowest BCUT2D eigenvalue weighted by Crippen LogP contribution is -2.52. The van der Waals surface area contributed by atoms with Crippen LogP contribution < -0.4 is 19.8 Å². The molecule has 5 heterocycles. The van der Waals surface area contributed by atoms with E-state index in [1.807, 2.05) is 0 Å². The fourth-order valence-electron chi connectivity index (χ4n) is 6.87. The number of fused-ring (bicyclic) bond motifs is 3. The molecule has 2 aromatic heterocycles. The van der Waals surface area contributed by atoms with Crippen molar-refractivity contribution in [3.05, 3.63) is 109 Å². The van der Waals surface area contributed by atoms with Gasteiger partial charge in [-0.2, -0.15) is 8.78 Å². The summed E-state index contributed by atoms with van der Waals surface area (Å²) in [5.41, 5.74) is 1.12. The smallest absolute Gasteiger partial charge is 0.387 e. The molecule has 1 unspecified atom stereocenters. The average Bonchev–Trinajstić information content (AvgIpc) is 3.87. The Labute approximate surface area is 330 Å². The minimum atomic E-state index is -3.06. The maximum absolute atomic E-state index is 15.0. The quantitative estimate of drug-likeness (QED) is 0.112. The summed E-state index contributed by atoms with van der Waals surface area (Å²) in [6.07, 6.45) is 5.83. The number of pyridine rings is 1. The zero-order chi connectivity index (χ0) is 37.8. The van der Waals surface area contributed by atoms with E-state index in [9.17, 15) is 18.4 Å². The molecule has 16 heteroatoms. The SMILES string of the molecule is O=C(O[C@@H](Cc1c(Cl)c[nH+]cc1Cl)c1ccc(OC(F)F)c(OCC2CC2)c1)c1ccc(CNC(C(=O)O[C@H]2CN3CCC2CC3)c2ccccc2F)s1.[OH-]. The molecule has 0 amide bonds. The van der Waals surface area contributed by atoms with Crippen molar-refractivity contribution >= 4 is 46.5 Å². The third kappa shape index (κ3) is 10.3. The van der Waals surface area contributed by atoms with Crippen molar-refractivity contribution in [2.24, 2.45) is 11.8 Å². The van der Waals surface area contributed by atoms with Crippen LogP contribution in [0.25, 0.3) is 0 Å². The van der Waals surface area contributed by atoms with Crippen molar-refractivity contribution in [1.29, 1.82) is 0 Å². The Kier molecular flexibility index (Phi) is 13.6. The lowest BCUT2D eigenvalue weighted by Gasteiger charge is -2.44. The zero-order valence-electron chi connectivity index (χ0n) is 29.5. The lowest BCUT2D eigenvalue weighted by molar-refractivity contribution is -0.377. The second-order valence-corrected chi connectivity index (χ2v) is 15.8. The second kappa shape index (κ2) is 18.4. The number of carbonyl (C=O) groups is 2. The molecule has 0 spiro atoms. The van der Waals surface area contributed by atoms with Gasteiger partial charge in [-0.15, -0.1) is 11.3 Å². The van der Waals surface area contributed by atoms with Gasteiger partial charge in [-0.3, -0.25) is 10.2 Å². The van der Waals surface area contributed by atoms with Crippen LogP contribution in [0.3, 0.4) is 0 Å². The number of carbonyl (C=O) groups excluding carboxylic acids is 2. The van der Waals surface area contributed by atoms with Gasteiger partial charge in [-0.05, 0) is 86.5 Å². The minimum absolute atomic E-state index is 0. The molecule has 4 fully saturated rings. The monoisotopic (exact) mass is 821 g/mol. The molecule has 8 rings (SSSR count). The summed E-state index contributed by atoms with van der Waals surface area (Å²) in [6, 6.07) is 12.7. The molecule has 3 aliphatic heterocycles. The number of rotatable bonds is 16. The molecule has 2 bridgehead atoms. The van der Waals surface area contributed by atoms with E-state index in [1.165, 1.54) is 24.3 Å². The average molecular weight is 823 g/mol. The Morgan fingerprint density at radius 2 is 1.73 bits per heavy atom. The van der Waals surface area contributed by atoms with Gasteiger partial charge in [0.05, 0.1) is 6.61 Å². The van der Waals surface area contributed by atoms with Gasteiger partial charge in [0.15, 0.2) is 23.9 Å². The highest BCUT2D eigenvalue weighted by molar-refractivity contribution is 7.13. The number of thiophene rings is 1. The highest BCUT2D eigenvalue weighted by Gasteiger charge is 2.38. The first-order chi connectivity index (χ1) is 26.1. The molecule has 10 nitrogen and oxygen atoms in total. The largest absolute Gasteiger partial charge is 0.870 e. The fourth-order valence-corrected chi connectivity index (χ4v) is 8.24. The number of H-pyrrole nitrogens is 1. The lowest BCUT2D eigenvalue weighted by atomic mass is 9.86. The van der Waals surface area contributed by atoms with E-state index in [1.54, 1.807) is 42.7 Å². The van der Waals surface area contributed by atoms with Gasteiger partial charge in [0.2, 0.25) is 0 Å². The number of nitrogens with one attached hydrogen (secondary N) is 2. The Morgan fingerprint density at radius 3 is 2.40 bits per heavy atom. The fraction of sp³-hybridized carbons (Fsp3) is 0.410. The Balaban J connectivity index is 0.00000514. The van der Waals surface area contributed by atoms with E-state index < -0.39 is 36.5 Å². The topological polar surface area (TPSA) is 130 Å². The van der Waals surface area contributed by atoms with Crippen molar-refractivity contribution in [2.45, 2.75) is 63.5 Å². The van der Waals surface area contributed by atoms with E-state index in [0.29, 0.717) is 45.1 Å². The van der Waals surface area contributed by atoms with E-state index in [0.717, 1.165) is 50.1 Å². The summed E-state index contributed by atoms with van der Waals surface area (Å²) in [4.78, 5) is 33.4. The van der Waals surface area contributed by atoms with Crippen LogP contribution in [0.2, 0.25) is 10.0 Å². The van der Waals surface area contributed by atoms with Crippen molar-refractivity contribution in [1.82, 2.24) is 10.2 Å². The number of benzene rings is 2. The number of ether oxygens (including phenoxy) is 4. The van der Waals surface area contributed by atoms with Crippen LogP contribution in [-0.4, -0.2) is 61.3 Å². The first kappa shape index (κ1) is 40.7. The molecular weight excluding hydrogens is 782 g/mol. The van der Waals surface area contributed by atoms with E-state index >= 15 is 4.39 Å². The van der Waals surface area contributed by atoms with Gasteiger partial charge in [0.1, 0.15) is 39.0 Å². The van der Waals surface area contributed by atoms with Gasteiger partial charge >= 0.3 is 18.6 Å². The summed E-state index contributed by atoms with van der Waals surface area (Å²) in [6.45, 7) is 0.0493. The summed E-state index contributed by atoms with van der Waals surface area (Å²) in [7, 11) is 0. The van der Waals surface area contributed by atoms with Crippen LogP contribution in [0, 0.1) is 17.7 Å². The van der Waals surface area contributed by atoms with Crippen LogP contribution in [-0.2, 0) is 27.2 Å². The van der Waals surface area contributed by atoms with E-state index in [2.05, 4.69) is 15.2 Å². The molecule has 55 heavy (non-hydrogen) atoms. The van der Waals surface area contributed by atoms with Crippen LogP contribution in [0.1, 0.15) is 69.1 Å². The van der Waals surface area contributed by atoms with Crippen LogP contribution in [0.5, 0.6) is 11.5 Å². The highest BCUT2D eigenvalue weighted by atomic mass is 35.5. The summed E-state index contributed by atoms with van der Waals surface area (Å²) < 4.78 is 64.2. The number of nitrogens with zero attached hydrogens (tertiary/aromatic N) is 1. The number of halogens is 5. The predicted molar refractivity (Wildman–Crippen MR) is 197 cm³/mol. The molecule has 1 aliphatic carbocycles. The molecule has 1 saturated carbocycles. The van der Waals surface area contributed by atoms with Crippen LogP contribution in [0.4, 0.5) is 13.2 Å². The summed E-state index contributed by atoms with van der Waals surface area (Å²) >= 11 is 14.1. The van der Waals surface area contributed by atoms with Crippen molar-refractivity contribution < 1.29 is 52.2 Å². The zero-order valence-corrected chi connectivity index (χ0v) is 31.9. The molecule has 4 aliphatic rings. The number of hydrogen-bond donors (Lipinski definition) is 1. The Bertz CT molecular complexity index is 1940. The maximum atomic E-state index is 15.0. The van der Waals surface area contributed by atoms with Gasteiger partial charge in [-0.25, -0.2) is 19.0 Å². The number of aromatic amines is 1. The molecular formula is C39H40Cl2F3N3O7S. The van der Waals surface area contributed by atoms with E-state index in [4.69, 9.17) is 42.1 Å². The van der Waals surface area contributed by atoms with Crippen molar-refractivity contribution in [3.63, 3.8) is 0 Å². The molecule has 4 aromatic rings. The summed E-state index contributed by atoms with van der Waals surface area (Å²) in [5, 5.41) is 3.78. The molecule has 0 radical (unpaired) electrons. The van der Waals surface area contributed by atoms with E-state index in [-0.39, 0.29) is 52.4 Å². The Morgan fingerprint density at radius 1 is 0.982 bits per heavy atom. The first-order valence-corrected chi connectivity index (χ1v) is 19.4. The standard InChI is InChI=1S/C39H38Cl2F3N3O6S.H2O/c40-28-18-45-19-29(41)27(28)16-32(24-7-9-31(53-39(43)44)33(15-24)50-21-22-5-6-22)51-37(48)35-10-8-25(54-35)17-46-36(26-3-1-2-4-30(26)42)38(49)52-34-20-47-13-11-23(34)12-14-47;/h1-4,7-10,15,18-19,22-23,32,34,36,39,46H,5-6,11-14,16-17,20-21H2;1H2/t32-,34-,36?;/m0./s1. The van der Waals surface area contributed by atoms with Crippen LogP contribution in [0.15, 0.2) is 67.0 Å². The molecule has 294 valence electrons. The molecule has 3 saturated heterocycles. The predicted octanol–water partition coefficient (Wildman–Crippen LogP) is 7.83. The number of alkyl halides is 2. The highest BCUT2D eigenvalue weighted by Crippen LogP contribution is 2.38. The Hall–Kier alpha value is -3.92. The second-order valence-electron chi connectivity index (χ2n) is 13.8. The minimum Gasteiger partial charge on any atom is -0.870 e. The number of hydrogen-bond acceptors (Lipinski definition) is 10. The third-order valence-corrected chi connectivity index (χ3v) is 11.8. The van der Waals surface area contributed by atoms with Gasteiger partial charge in [0, 0.05) is 35.5 Å². The van der Waals surface area contributed by atoms with Crippen molar-refractivity contribution in [3.8, 4) is 11.5 Å². The first-order valence-electron chi connectivity index (χ1n) is 17.9. The maximum Gasteiger partial charge on any atom is 0.387 e. The van der Waals surface area contributed by atoms with Gasteiger partial charge < -0.3 is 24.4 Å². The number of aromatic nitrogens is 1. The van der Waals surface area contributed by atoms with Gasteiger partial charge in [0.25, 0.3) is 0 Å². The molecule has 3 N–H and O–H groups in total. The third-order valence-electron chi connectivity index (χ3n) is 10.0. The summed E-state index contributed by atoms with van der Waals surface area (Å²) in [5.74, 6) is -1.17.